The Morgan fingerprint density at radius 3 is 2.47 bits per heavy atom. The number of anilines is 5. The molecule has 3 aromatic rings. The number of aromatic nitrogens is 2. The normalized spacial score (nSPS) is 15.0. The number of amides is 2. The summed E-state index contributed by atoms with van der Waals surface area (Å²) < 4.78 is 30.6. The van der Waals surface area contributed by atoms with E-state index in [1.54, 1.807) is 44.9 Å². The van der Waals surface area contributed by atoms with Crippen LogP contribution >= 0.6 is 0 Å². The molecule has 43 heavy (non-hydrogen) atoms. The van der Waals surface area contributed by atoms with Crippen LogP contribution in [0.3, 0.4) is 0 Å². The summed E-state index contributed by atoms with van der Waals surface area (Å²) in [5, 5.41) is 8.67. The van der Waals surface area contributed by atoms with Crippen LogP contribution in [0.4, 0.5) is 38.0 Å². The lowest BCUT2D eigenvalue weighted by molar-refractivity contribution is -0.118. The Labute approximate surface area is 250 Å². The number of hydrogen-bond donors (Lipinski definition) is 3. The van der Waals surface area contributed by atoms with Gasteiger partial charge in [-0.2, -0.15) is 4.98 Å². The number of ether oxygens (including phenoxy) is 3. The average Bonchev–Trinajstić information content (AvgIpc) is 3.29. The Morgan fingerprint density at radius 1 is 1.05 bits per heavy atom. The highest BCUT2D eigenvalue weighted by Crippen LogP contribution is 2.53. The van der Waals surface area contributed by atoms with Gasteiger partial charge in [-0.05, 0) is 75.6 Å². The zero-order chi connectivity index (χ0) is 30.6. The second kappa shape index (κ2) is 12.4. The molecule has 1 aromatic heterocycles. The van der Waals surface area contributed by atoms with E-state index in [9.17, 15) is 14.0 Å². The lowest BCUT2D eigenvalue weighted by atomic mass is 9.66. The molecule has 12 heteroatoms. The summed E-state index contributed by atoms with van der Waals surface area (Å²) in [5.74, 6) is 0.00788. The molecule has 2 amide bonds. The van der Waals surface area contributed by atoms with Crippen LogP contribution < -0.4 is 25.6 Å². The van der Waals surface area contributed by atoms with E-state index >= 15 is 0 Å². The van der Waals surface area contributed by atoms with Gasteiger partial charge < -0.3 is 35.1 Å². The largest absolute Gasteiger partial charge is 0.491 e. The van der Waals surface area contributed by atoms with Crippen molar-refractivity contribution in [2.24, 2.45) is 0 Å². The first-order valence-corrected chi connectivity index (χ1v) is 14.3. The predicted octanol–water partition coefficient (Wildman–Crippen LogP) is 5.42. The van der Waals surface area contributed by atoms with Crippen molar-refractivity contribution >= 4 is 40.8 Å². The SMILES string of the molecule is COCCOc1ccc(Nc2ncc(F)c(Nc3ccc4c(c3)N(C(=O)CNC(=O)OC(C)(C)C)CC43CCC3)n2)cc1. The molecule has 1 fully saturated rings. The third-order valence-electron chi connectivity index (χ3n) is 7.39. The number of benzene rings is 2. The Hall–Kier alpha value is -4.45. The van der Waals surface area contributed by atoms with Gasteiger partial charge in [0.05, 0.1) is 12.8 Å². The number of fused-ring (bicyclic) bond motifs is 2. The Bertz CT molecular complexity index is 1470. The van der Waals surface area contributed by atoms with Crippen LogP contribution in [0, 0.1) is 5.82 Å². The average molecular weight is 593 g/mol. The van der Waals surface area contributed by atoms with Crippen molar-refractivity contribution in [3.63, 3.8) is 0 Å². The number of methoxy groups -OCH3 is 1. The van der Waals surface area contributed by atoms with Crippen LogP contribution in [0.25, 0.3) is 0 Å². The zero-order valence-corrected chi connectivity index (χ0v) is 24.8. The highest BCUT2D eigenvalue weighted by Gasteiger charge is 2.48. The first kappa shape index (κ1) is 30.0. The minimum absolute atomic E-state index is 0.0159. The maximum atomic E-state index is 14.8. The molecular formula is C31H37FN6O5. The standard InChI is InChI=1S/C31H37FN6O5/c1-30(2,3)43-29(40)34-18-26(39)38-19-31(12-5-13-31)23-11-8-21(16-25(23)38)35-27-24(32)17-33-28(37-27)36-20-6-9-22(10-7-20)42-15-14-41-4/h6-11,16-17H,5,12-15,18-19H2,1-4H3,(H,34,40)(H2,33,35,36,37). The van der Waals surface area contributed by atoms with E-state index < -0.39 is 17.5 Å². The van der Waals surface area contributed by atoms with Gasteiger partial charge in [0.1, 0.15) is 24.5 Å². The van der Waals surface area contributed by atoms with Gasteiger partial charge in [-0.15, -0.1) is 0 Å². The number of halogens is 1. The number of nitrogens with zero attached hydrogens (tertiary/aromatic N) is 3. The number of rotatable bonds is 10. The molecular weight excluding hydrogens is 555 g/mol. The number of nitrogens with one attached hydrogen (secondary N) is 3. The first-order chi connectivity index (χ1) is 20.5. The van der Waals surface area contributed by atoms with E-state index in [0.717, 1.165) is 36.7 Å². The van der Waals surface area contributed by atoms with Gasteiger partial charge in [-0.3, -0.25) is 4.79 Å². The molecule has 1 aliphatic heterocycles. The Balaban J connectivity index is 1.29. The fraction of sp³-hybridized carbons (Fsp3) is 0.419. The number of hydrogen-bond acceptors (Lipinski definition) is 9. The van der Waals surface area contributed by atoms with Gasteiger partial charge in [-0.1, -0.05) is 12.5 Å². The summed E-state index contributed by atoms with van der Waals surface area (Å²) in [5.41, 5.74) is 2.32. The Kier molecular flexibility index (Phi) is 8.67. The van der Waals surface area contributed by atoms with Crippen molar-refractivity contribution in [3.8, 4) is 5.75 Å². The number of carbonyl (C=O) groups is 2. The fourth-order valence-electron chi connectivity index (χ4n) is 5.22. The smallest absolute Gasteiger partial charge is 0.408 e. The molecule has 5 rings (SSSR count). The van der Waals surface area contributed by atoms with Crippen molar-refractivity contribution in [3.05, 3.63) is 60.0 Å². The topological polar surface area (TPSA) is 127 Å². The van der Waals surface area contributed by atoms with E-state index in [2.05, 4.69) is 25.9 Å². The number of alkyl carbamates (subject to hydrolysis) is 1. The van der Waals surface area contributed by atoms with Crippen LogP contribution in [-0.4, -0.2) is 61.0 Å². The van der Waals surface area contributed by atoms with Gasteiger partial charge in [-0.25, -0.2) is 14.2 Å². The molecule has 1 aliphatic carbocycles. The molecule has 0 saturated heterocycles. The van der Waals surface area contributed by atoms with Crippen molar-refractivity contribution in [2.75, 3.05) is 48.9 Å². The molecule has 0 atom stereocenters. The van der Waals surface area contributed by atoms with Crippen LogP contribution in [0.15, 0.2) is 48.7 Å². The van der Waals surface area contributed by atoms with Crippen LogP contribution in [-0.2, 0) is 19.7 Å². The molecule has 1 saturated carbocycles. The maximum absolute atomic E-state index is 14.8. The molecule has 2 heterocycles. The molecule has 1 spiro atoms. The summed E-state index contributed by atoms with van der Waals surface area (Å²) in [4.78, 5) is 35.5. The predicted molar refractivity (Wildman–Crippen MR) is 161 cm³/mol. The van der Waals surface area contributed by atoms with E-state index in [0.29, 0.717) is 36.9 Å². The number of carbonyl (C=O) groups excluding carboxylic acids is 2. The molecule has 2 aliphatic rings. The minimum Gasteiger partial charge on any atom is -0.491 e. The summed E-state index contributed by atoms with van der Waals surface area (Å²) in [6, 6.07) is 12.9. The summed E-state index contributed by atoms with van der Waals surface area (Å²) in [7, 11) is 1.61. The monoisotopic (exact) mass is 592 g/mol. The van der Waals surface area contributed by atoms with E-state index in [4.69, 9.17) is 14.2 Å². The molecule has 11 nitrogen and oxygen atoms in total. The summed E-state index contributed by atoms with van der Waals surface area (Å²) >= 11 is 0. The molecule has 3 N–H and O–H groups in total. The quantitative estimate of drug-likeness (QED) is 0.265. The van der Waals surface area contributed by atoms with Crippen molar-refractivity contribution < 1.29 is 28.2 Å². The lowest BCUT2D eigenvalue weighted by Gasteiger charge is -2.39. The van der Waals surface area contributed by atoms with E-state index in [1.165, 1.54) is 0 Å². The van der Waals surface area contributed by atoms with Crippen molar-refractivity contribution in [2.45, 2.75) is 51.0 Å². The molecule has 0 unspecified atom stereocenters. The minimum atomic E-state index is -0.667. The lowest BCUT2D eigenvalue weighted by Crippen LogP contribution is -2.45. The summed E-state index contributed by atoms with van der Waals surface area (Å²) in [6.45, 7) is 6.56. The maximum Gasteiger partial charge on any atom is 0.408 e. The highest BCUT2D eigenvalue weighted by atomic mass is 19.1. The zero-order valence-electron chi connectivity index (χ0n) is 24.8. The molecule has 2 aromatic carbocycles. The van der Waals surface area contributed by atoms with Gasteiger partial charge in [0.25, 0.3) is 0 Å². The van der Waals surface area contributed by atoms with Gasteiger partial charge in [0.15, 0.2) is 11.6 Å². The van der Waals surface area contributed by atoms with Gasteiger partial charge in [0.2, 0.25) is 11.9 Å². The van der Waals surface area contributed by atoms with Gasteiger partial charge in [0, 0.05) is 36.1 Å². The second-order valence-corrected chi connectivity index (χ2v) is 11.7. The van der Waals surface area contributed by atoms with Crippen LogP contribution in [0.2, 0.25) is 0 Å². The molecule has 0 radical (unpaired) electrons. The van der Waals surface area contributed by atoms with E-state index in [-0.39, 0.29) is 29.6 Å². The van der Waals surface area contributed by atoms with Crippen LogP contribution in [0.1, 0.15) is 45.6 Å². The highest BCUT2D eigenvalue weighted by molar-refractivity contribution is 5.99. The van der Waals surface area contributed by atoms with Gasteiger partial charge >= 0.3 is 6.09 Å². The second-order valence-electron chi connectivity index (χ2n) is 11.7. The third-order valence-corrected chi connectivity index (χ3v) is 7.39. The molecule has 228 valence electrons. The Morgan fingerprint density at radius 2 is 1.79 bits per heavy atom. The summed E-state index contributed by atoms with van der Waals surface area (Å²) in [6.07, 6.45) is 3.49. The van der Waals surface area contributed by atoms with Crippen molar-refractivity contribution in [1.82, 2.24) is 15.3 Å². The van der Waals surface area contributed by atoms with Crippen molar-refractivity contribution in [1.29, 1.82) is 0 Å². The fourth-order valence-corrected chi connectivity index (χ4v) is 5.22. The molecule has 0 bridgehead atoms. The van der Waals surface area contributed by atoms with E-state index in [1.807, 2.05) is 30.3 Å². The van der Waals surface area contributed by atoms with Crippen LogP contribution in [0.5, 0.6) is 5.75 Å². The first-order valence-electron chi connectivity index (χ1n) is 14.3. The third kappa shape index (κ3) is 7.14.